The van der Waals surface area contributed by atoms with Crippen LogP contribution in [0.1, 0.15) is 34.6 Å². The van der Waals surface area contributed by atoms with Crippen molar-refractivity contribution in [3.8, 4) is 0 Å². The van der Waals surface area contributed by atoms with Gasteiger partial charge in [-0.15, -0.1) is 11.3 Å². The highest BCUT2D eigenvalue weighted by Crippen LogP contribution is 2.32. The smallest absolute Gasteiger partial charge is 0.270 e. The second-order valence-electron chi connectivity index (χ2n) is 6.36. The Hall–Kier alpha value is -1.76. The van der Waals surface area contributed by atoms with E-state index in [1.807, 2.05) is 22.4 Å². The highest BCUT2D eigenvalue weighted by Gasteiger charge is 2.22. The minimum Gasteiger partial charge on any atom is -0.302 e. The Balaban J connectivity index is 1.95. The Morgan fingerprint density at radius 2 is 1.85 bits per heavy atom. The zero-order valence-corrected chi connectivity index (χ0v) is 17.4. The highest BCUT2D eigenvalue weighted by molar-refractivity contribution is 7.22. The number of carbonyl (C=O) groups excluding carboxylic acids is 1. The molecular formula is C20H25N3OS2. The second-order valence-corrected chi connectivity index (χ2v) is 8.32. The van der Waals surface area contributed by atoms with Gasteiger partial charge in [-0.05, 0) is 61.6 Å². The first kappa shape index (κ1) is 19.0. The van der Waals surface area contributed by atoms with Gasteiger partial charge in [-0.2, -0.15) is 0 Å². The molecule has 0 N–H and O–H groups in total. The molecular weight excluding hydrogens is 362 g/mol. The summed E-state index contributed by atoms with van der Waals surface area (Å²) in [6.45, 7) is 12.0. The summed E-state index contributed by atoms with van der Waals surface area (Å²) in [5, 5.41) is 2.73. The molecule has 0 aliphatic carbocycles. The average Bonchev–Trinajstić information content (AvgIpc) is 3.29. The van der Waals surface area contributed by atoms with Gasteiger partial charge >= 0.3 is 0 Å². The molecule has 0 spiro atoms. The molecule has 6 heteroatoms. The van der Waals surface area contributed by atoms with Gasteiger partial charge in [0.05, 0.1) is 15.1 Å². The van der Waals surface area contributed by atoms with Crippen molar-refractivity contribution in [3.05, 3.63) is 45.6 Å². The first-order valence-corrected chi connectivity index (χ1v) is 10.7. The molecule has 26 heavy (non-hydrogen) atoms. The van der Waals surface area contributed by atoms with Crippen LogP contribution in [0, 0.1) is 13.8 Å². The van der Waals surface area contributed by atoms with Crippen molar-refractivity contribution in [1.29, 1.82) is 0 Å². The summed E-state index contributed by atoms with van der Waals surface area (Å²) in [6.07, 6.45) is 0. The molecule has 0 saturated carbocycles. The lowest BCUT2D eigenvalue weighted by Gasteiger charge is -2.24. The lowest BCUT2D eigenvalue weighted by atomic mass is 10.1. The van der Waals surface area contributed by atoms with Crippen LogP contribution in [0.5, 0.6) is 0 Å². The van der Waals surface area contributed by atoms with Crippen LogP contribution in [0.2, 0.25) is 0 Å². The van der Waals surface area contributed by atoms with Crippen molar-refractivity contribution in [2.75, 3.05) is 31.1 Å². The minimum absolute atomic E-state index is 0.0413. The highest BCUT2D eigenvalue weighted by atomic mass is 32.1. The molecule has 0 unspecified atom stereocenters. The first-order chi connectivity index (χ1) is 12.5. The molecule has 0 saturated heterocycles. The van der Waals surface area contributed by atoms with Crippen molar-refractivity contribution in [2.24, 2.45) is 0 Å². The van der Waals surface area contributed by atoms with Gasteiger partial charge in [0.15, 0.2) is 5.13 Å². The normalized spacial score (nSPS) is 11.4. The molecule has 138 valence electrons. The van der Waals surface area contributed by atoms with E-state index in [-0.39, 0.29) is 5.91 Å². The van der Waals surface area contributed by atoms with Crippen LogP contribution < -0.4 is 4.90 Å². The lowest BCUT2D eigenvalue weighted by molar-refractivity contribution is 0.0987. The van der Waals surface area contributed by atoms with Gasteiger partial charge in [0, 0.05) is 13.1 Å². The van der Waals surface area contributed by atoms with Crippen LogP contribution in [-0.4, -0.2) is 42.0 Å². The van der Waals surface area contributed by atoms with Gasteiger partial charge in [-0.3, -0.25) is 9.69 Å². The van der Waals surface area contributed by atoms with Gasteiger partial charge < -0.3 is 4.90 Å². The summed E-state index contributed by atoms with van der Waals surface area (Å²) < 4.78 is 1.13. The molecule has 4 nitrogen and oxygen atoms in total. The van der Waals surface area contributed by atoms with Crippen LogP contribution in [0.25, 0.3) is 10.2 Å². The van der Waals surface area contributed by atoms with Gasteiger partial charge in [-0.25, -0.2) is 4.98 Å². The number of anilines is 1. The predicted molar refractivity (Wildman–Crippen MR) is 113 cm³/mol. The molecule has 1 aromatic carbocycles. The first-order valence-electron chi connectivity index (χ1n) is 8.99. The Morgan fingerprint density at radius 3 is 2.50 bits per heavy atom. The number of fused-ring (bicyclic) bond motifs is 1. The molecule has 3 rings (SSSR count). The third-order valence-electron chi connectivity index (χ3n) is 4.73. The van der Waals surface area contributed by atoms with Crippen LogP contribution in [-0.2, 0) is 0 Å². The van der Waals surface area contributed by atoms with E-state index in [1.54, 1.807) is 11.3 Å². The molecule has 1 amide bonds. The van der Waals surface area contributed by atoms with E-state index in [9.17, 15) is 4.79 Å². The van der Waals surface area contributed by atoms with Crippen LogP contribution in [0.4, 0.5) is 5.13 Å². The number of nitrogens with zero attached hydrogens (tertiary/aromatic N) is 3. The van der Waals surface area contributed by atoms with E-state index in [0.29, 0.717) is 6.54 Å². The average molecular weight is 388 g/mol. The predicted octanol–water partition coefficient (Wildman–Crippen LogP) is 4.96. The molecule has 0 fully saturated rings. The van der Waals surface area contributed by atoms with E-state index in [4.69, 9.17) is 4.98 Å². The molecule has 2 aromatic heterocycles. The number of aromatic nitrogens is 1. The third kappa shape index (κ3) is 3.98. The number of rotatable bonds is 7. The van der Waals surface area contributed by atoms with Crippen LogP contribution in [0.3, 0.4) is 0 Å². The SMILES string of the molecule is CCN(CC)CCN(C(=O)c1cccs1)c1nc2cc(C)c(C)cc2s1. The number of aryl methyl sites for hydroxylation is 2. The fourth-order valence-electron chi connectivity index (χ4n) is 2.88. The van der Waals surface area contributed by atoms with E-state index in [2.05, 4.69) is 44.7 Å². The van der Waals surface area contributed by atoms with Crippen molar-refractivity contribution in [3.63, 3.8) is 0 Å². The van der Waals surface area contributed by atoms with Crippen LogP contribution in [0.15, 0.2) is 29.6 Å². The number of thiazole rings is 1. The molecule has 2 heterocycles. The van der Waals surface area contributed by atoms with Gasteiger partial charge in [0.2, 0.25) is 0 Å². The largest absolute Gasteiger partial charge is 0.302 e. The van der Waals surface area contributed by atoms with Gasteiger partial charge in [-0.1, -0.05) is 31.3 Å². The summed E-state index contributed by atoms with van der Waals surface area (Å²) >= 11 is 3.08. The monoisotopic (exact) mass is 387 g/mol. The number of likely N-dealkylation sites (N-methyl/N-ethyl adjacent to an activating group) is 1. The van der Waals surface area contributed by atoms with Gasteiger partial charge in [0.1, 0.15) is 0 Å². The van der Waals surface area contributed by atoms with Crippen molar-refractivity contribution in [1.82, 2.24) is 9.88 Å². The Labute approximate surface area is 163 Å². The quantitative estimate of drug-likeness (QED) is 0.575. The minimum atomic E-state index is 0.0413. The number of carbonyl (C=O) groups is 1. The second kappa shape index (κ2) is 8.29. The summed E-state index contributed by atoms with van der Waals surface area (Å²) in [5.41, 5.74) is 3.46. The topological polar surface area (TPSA) is 36.4 Å². The number of amides is 1. The number of thiophene rings is 1. The summed E-state index contributed by atoms with van der Waals surface area (Å²) in [6, 6.07) is 8.09. The molecule has 0 aliphatic rings. The molecule has 0 radical (unpaired) electrons. The Kier molecular flexibility index (Phi) is 6.06. The number of hydrogen-bond donors (Lipinski definition) is 0. The number of hydrogen-bond acceptors (Lipinski definition) is 5. The summed E-state index contributed by atoms with van der Waals surface area (Å²) in [5.74, 6) is 0.0413. The maximum atomic E-state index is 13.1. The van der Waals surface area contributed by atoms with Gasteiger partial charge in [0.25, 0.3) is 5.91 Å². The van der Waals surface area contributed by atoms with Crippen molar-refractivity contribution in [2.45, 2.75) is 27.7 Å². The maximum Gasteiger partial charge on any atom is 0.270 e. The van der Waals surface area contributed by atoms with E-state index in [1.165, 1.54) is 22.5 Å². The fraction of sp³-hybridized carbons (Fsp3) is 0.400. The van der Waals surface area contributed by atoms with Crippen LogP contribution >= 0.6 is 22.7 Å². The third-order valence-corrected chi connectivity index (χ3v) is 6.63. The molecule has 0 aliphatic heterocycles. The zero-order valence-electron chi connectivity index (χ0n) is 15.8. The summed E-state index contributed by atoms with van der Waals surface area (Å²) in [4.78, 5) is 22.8. The van der Waals surface area contributed by atoms with Crippen molar-refractivity contribution >= 4 is 43.9 Å². The fourth-order valence-corrected chi connectivity index (χ4v) is 4.62. The molecule has 3 aromatic rings. The van der Waals surface area contributed by atoms with E-state index >= 15 is 0 Å². The Bertz CT molecular complexity index is 843. The molecule has 0 bridgehead atoms. The molecule has 0 atom stereocenters. The van der Waals surface area contributed by atoms with E-state index < -0.39 is 0 Å². The summed E-state index contributed by atoms with van der Waals surface area (Å²) in [7, 11) is 0. The van der Waals surface area contributed by atoms with Crippen molar-refractivity contribution < 1.29 is 4.79 Å². The number of benzene rings is 1. The lowest BCUT2D eigenvalue weighted by Crippen LogP contribution is -2.38. The zero-order chi connectivity index (χ0) is 18.7. The Morgan fingerprint density at radius 1 is 1.12 bits per heavy atom. The standard InChI is InChI=1S/C20H25N3OS2/c1-5-22(6-2)9-10-23(19(24)17-8-7-11-25-17)20-21-16-12-14(3)15(4)13-18(16)26-20/h7-8,11-13H,5-6,9-10H2,1-4H3. The van der Waals surface area contributed by atoms with E-state index in [0.717, 1.165) is 39.9 Å². The maximum absolute atomic E-state index is 13.1.